The van der Waals surface area contributed by atoms with Crippen molar-refractivity contribution >= 4 is 40.3 Å². The number of hydrogen-bond donors (Lipinski definition) is 0. The van der Waals surface area contributed by atoms with Gasteiger partial charge in [-0.3, -0.25) is 0 Å². The van der Waals surface area contributed by atoms with Crippen molar-refractivity contribution in [1.29, 1.82) is 0 Å². The Balaban J connectivity index is 1.95. The van der Waals surface area contributed by atoms with E-state index in [0.717, 1.165) is 4.90 Å². The number of carbonyl (C=O) groups excluding carboxylic acids is 2. The Bertz CT molecular complexity index is 955. The van der Waals surface area contributed by atoms with Gasteiger partial charge in [-0.2, -0.15) is 4.79 Å². The zero-order chi connectivity index (χ0) is 15.3. The predicted octanol–water partition coefficient (Wildman–Crippen LogP) is 2.80. The molecule has 1 aliphatic heterocycles. The quantitative estimate of drug-likeness (QED) is 0.649. The molecule has 2 aromatic carbocycles. The third-order valence-electron chi connectivity index (χ3n) is 3.56. The second kappa shape index (κ2) is 4.61. The molecule has 0 unspecified atom stereocenters. The zero-order valence-electron chi connectivity index (χ0n) is 11.2. The van der Waals surface area contributed by atoms with Crippen LogP contribution in [0.2, 0.25) is 5.02 Å². The van der Waals surface area contributed by atoms with Crippen molar-refractivity contribution in [1.82, 2.24) is 4.98 Å². The molecular weight excluding hydrogens is 302 g/mol. The molecule has 0 spiro atoms. The molecule has 4 rings (SSSR count). The number of hydrogen-bond acceptors (Lipinski definition) is 3. The number of anilines is 1. The molecule has 1 aliphatic rings. The smallest absolute Gasteiger partial charge is 0.248 e. The maximum atomic E-state index is 12.7. The molecule has 0 saturated carbocycles. The van der Waals surface area contributed by atoms with Gasteiger partial charge in [-0.05, 0) is 24.3 Å². The first-order chi connectivity index (χ1) is 10.7. The molecule has 0 bridgehead atoms. The molecular formula is C16H9ClN3O2+. The van der Waals surface area contributed by atoms with Gasteiger partial charge in [0.2, 0.25) is 5.69 Å². The number of imide groups is 1. The molecule has 1 aromatic heterocycles. The second-order valence-electron chi connectivity index (χ2n) is 4.87. The Labute approximate surface area is 130 Å². The molecule has 22 heavy (non-hydrogen) atoms. The number of benzene rings is 2. The molecule has 3 aromatic rings. The van der Waals surface area contributed by atoms with Crippen LogP contribution in [0.15, 0.2) is 54.7 Å². The molecule has 0 atom stereocenters. The van der Waals surface area contributed by atoms with Gasteiger partial charge in [0, 0.05) is 11.1 Å². The number of nitrogens with zero attached hydrogens (tertiary/aromatic N) is 3. The summed E-state index contributed by atoms with van der Waals surface area (Å²) in [6.07, 6.45) is 1.42. The molecule has 2 heterocycles. The lowest BCUT2D eigenvalue weighted by Gasteiger charge is -2.04. The molecule has 5 nitrogen and oxygen atoms in total. The lowest BCUT2D eigenvalue weighted by molar-refractivity contribution is -0.537. The molecule has 6 heteroatoms. The number of carbonyl (C=O) groups is 2. The van der Waals surface area contributed by atoms with E-state index in [9.17, 15) is 9.59 Å². The third kappa shape index (κ3) is 1.72. The maximum absolute atomic E-state index is 12.7. The molecule has 106 valence electrons. The van der Waals surface area contributed by atoms with E-state index in [1.165, 1.54) is 10.8 Å². The highest BCUT2D eigenvalue weighted by Crippen LogP contribution is 2.24. The standard InChI is InChI=1S/C16H9ClN3O2/c17-10-4-3-5-11(8-10)19-15(21)14-9-18-12-6-1-2-7-13(12)20(14)16(19)22/h1-9H/q+1. The van der Waals surface area contributed by atoms with Crippen molar-refractivity contribution in [2.24, 2.45) is 0 Å². The zero-order valence-corrected chi connectivity index (χ0v) is 12.0. The third-order valence-corrected chi connectivity index (χ3v) is 3.80. The van der Waals surface area contributed by atoms with E-state index in [4.69, 9.17) is 11.6 Å². The summed E-state index contributed by atoms with van der Waals surface area (Å²) in [6.45, 7) is 0. The Morgan fingerprint density at radius 3 is 2.68 bits per heavy atom. The largest absolute Gasteiger partial charge is 0.512 e. The first-order valence-electron chi connectivity index (χ1n) is 6.61. The van der Waals surface area contributed by atoms with E-state index in [1.54, 1.807) is 42.5 Å². The van der Waals surface area contributed by atoms with Crippen molar-refractivity contribution < 1.29 is 14.2 Å². The van der Waals surface area contributed by atoms with Gasteiger partial charge in [-0.1, -0.05) is 29.8 Å². The Morgan fingerprint density at radius 1 is 1.05 bits per heavy atom. The first kappa shape index (κ1) is 12.9. The van der Waals surface area contributed by atoms with Gasteiger partial charge in [0.05, 0.1) is 6.20 Å². The summed E-state index contributed by atoms with van der Waals surface area (Å²) in [7, 11) is 0. The molecule has 0 N–H and O–H groups in total. The van der Waals surface area contributed by atoms with Crippen LogP contribution in [0.4, 0.5) is 10.5 Å². The normalized spacial score (nSPS) is 13.8. The first-order valence-corrected chi connectivity index (χ1v) is 6.99. The van der Waals surface area contributed by atoms with Crippen LogP contribution in [0.25, 0.3) is 11.0 Å². The number of para-hydroxylation sites is 2. The van der Waals surface area contributed by atoms with Gasteiger partial charge in [-0.15, -0.1) is 9.47 Å². The summed E-state index contributed by atoms with van der Waals surface area (Å²) < 4.78 is 1.38. The molecule has 0 fully saturated rings. The van der Waals surface area contributed by atoms with Crippen LogP contribution < -0.4 is 9.47 Å². The molecule has 0 saturated heterocycles. The topological polar surface area (TPSA) is 54.2 Å². The van der Waals surface area contributed by atoms with Gasteiger partial charge in [-0.25, -0.2) is 9.78 Å². The van der Waals surface area contributed by atoms with Crippen LogP contribution in [-0.4, -0.2) is 16.9 Å². The number of halogens is 1. The fourth-order valence-electron chi connectivity index (χ4n) is 2.58. The van der Waals surface area contributed by atoms with Crippen molar-refractivity contribution in [3.8, 4) is 0 Å². The van der Waals surface area contributed by atoms with Gasteiger partial charge < -0.3 is 0 Å². The van der Waals surface area contributed by atoms with Crippen LogP contribution in [0.1, 0.15) is 10.5 Å². The minimum Gasteiger partial charge on any atom is -0.248 e. The van der Waals surface area contributed by atoms with E-state index in [1.807, 2.05) is 6.07 Å². The van der Waals surface area contributed by atoms with E-state index >= 15 is 0 Å². The predicted molar refractivity (Wildman–Crippen MR) is 81.0 cm³/mol. The minimum atomic E-state index is -0.430. The fraction of sp³-hybridized carbons (Fsp3) is 0. The van der Waals surface area contributed by atoms with E-state index < -0.39 is 11.9 Å². The van der Waals surface area contributed by atoms with Gasteiger partial charge in [0.15, 0.2) is 5.52 Å². The van der Waals surface area contributed by atoms with Crippen LogP contribution in [0, 0.1) is 0 Å². The summed E-state index contributed by atoms with van der Waals surface area (Å²) in [5, 5.41) is 0.460. The Kier molecular flexibility index (Phi) is 2.71. The Hall–Kier alpha value is -2.79. The maximum Gasteiger partial charge on any atom is 0.512 e. The number of amides is 2. The average molecular weight is 311 g/mol. The lowest BCUT2D eigenvalue weighted by Crippen LogP contribution is -2.46. The summed E-state index contributed by atoms with van der Waals surface area (Å²) in [5.41, 5.74) is 1.93. The van der Waals surface area contributed by atoms with Crippen LogP contribution in [-0.2, 0) is 0 Å². The number of rotatable bonds is 1. The van der Waals surface area contributed by atoms with E-state index in [0.29, 0.717) is 21.7 Å². The van der Waals surface area contributed by atoms with Crippen LogP contribution >= 0.6 is 11.6 Å². The minimum absolute atomic E-state index is 0.240. The van der Waals surface area contributed by atoms with Gasteiger partial charge in [0.25, 0.3) is 0 Å². The van der Waals surface area contributed by atoms with Crippen LogP contribution in [0.5, 0.6) is 0 Å². The number of aromatic nitrogens is 2. The highest BCUT2D eigenvalue weighted by atomic mass is 35.5. The highest BCUT2D eigenvalue weighted by Gasteiger charge is 2.48. The van der Waals surface area contributed by atoms with Crippen molar-refractivity contribution in [3.05, 3.63) is 65.4 Å². The van der Waals surface area contributed by atoms with Gasteiger partial charge in [0.1, 0.15) is 11.2 Å². The van der Waals surface area contributed by atoms with Crippen molar-refractivity contribution in [3.63, 3.8) is 0 Å². The fourth-order valence-corrected chi connectivity index (χ4v) is 2.77. The summed E-state index contributed by atoms with van der Waals surface area (Å²) in [6, 6.07) is 13.4. The SMILES string of the molecule is O=C1c2cnc3ccccc3[n+]2C(=O)N1c1cccc(Cl)c1. The summed E-state index contributed by atoms with van der Waals surface area (Å²) >= 11 is 5.96. The number of fused-ring (bicyclic) bond motifs is 3. The van der Waals surface area contributed by atoms with Crippen molar-refractivity contribution in [2.45, 2.75) is 0 Å². The van der Waals surface area contributed by atoms with Gasteiger partial charge >= 0.3 is 11.9 Å². The second-order valence-corrected chi connectivity index (χ2v) is 5.31. The van der Waals surface area contributed by atoms with E-state index in [2.05, 4.69) is 4.98 Å². The average Bonchev–Trinajstić information content (AvgIpc) is 2.79. The van der Waals surface area contributed by atoms with Crippen LogP contribution in [0.3, 0.4) is 0 Å². The van der Waals surface area contributed by atoms with Crippen molar-refractivity contribution in [2.75, 3.05) is 4.90 Å². The monoisotopic (exact) mass is 310 g/mol. The summed E-state index contributed by atoms with van der Waals surface area (Å²) in [5.74, 6) is -0.412. The lowest BCUT2D eigenvalue weighted by atomic mass is 10.3. The molecule has 0 aliphatic carbocycles. The Morgan fingerprint density at radius 2 is 1.86 bits per heavy atom. The van der Waals surface area contributed by atoms with E-state index in [-0.39, 0.29) is 5.69 Å². The highest BCUT2D eigenvalue weighted by molar-refractivity contribution is 6.31. The summed E-state index contributed by atoms with van der Waals surface area (Å²) in [4.78, 5) is 30.6. The molecule has 0 radical (unpaired) electrons. The molecule has 2 amide bonds.